The Kier molecular flexibility index (Phi) is 8.89. The van der Waals surface area contributed by atoms with Gasteiger partial charge in [0.25, 0.3) is 0 Å². The number of carbonyl (C=O) groups excluding carboxylic acids is 1. The minimum absolute atomic E-state index is 0.0670. The number of aliphatic hydroxyl groups is 4. The number of unbranched alkanes of at least 4 members (excludes halogenated alkanes) is 4. The lowest BCUT2D eigenvalue weighted by molar-refractivity contribution is -0.220. The quantitative estimate of drug-likeness (QED) is 0.451. The van der Waals surface area contributed by atoms with E-state index in [9.17, 15) is 25.2 Å². The van der Waals surface area contributed by atoms with E-state index in [0.717, 1.165) is 19.3 Å². The third-order valence-corrected chi connectivity index (χ3v) is 6.12. The van der Waals surface area contributed by atoms with Crippen LogP contribution in [0.1, 0.15) is 65.2 Å². The van der Waals surface area contributed by atoms with Crippen LogP contribution in [0.25, 0.3) is 0 Å². The second kappa shape index (κ2) is 10.7. The van der Waals surface area contributed by atoms with E-state index < -0.39 is 37.1 Å². The molecule has 0 saturated carbocycles. The van der Waals surface area contributed by atoms with Gasteiger partial charge < -0.3 is 25.2 Å². The smallest absolute Gasteiger partial charge is 0.161 e. The van der Waals surface area contributed by atoms with Crippen LogP contribution in [-0.4, -0.2) is 63.3 Å². The molecule has 2 rings (SSSR count). The fourth-order valence-electron chi connectivity index (χ4n) is 4.36. The second-order valence-electron chi connectivity index (χ2n) is 8.03. The average Bonchev–Trinajstić information content (AvgIpc) is 2.67. The molecule has 0 radical (unpaired) electrons. The van der Waals surface area contributed by atoms with Crippen molar-refractivity contribution in [3.8, 4) is 0 Å². The summed E-state index contributed by atoms with van der Waals surface area (Å²) in [6.45, 7) is 3.80. The molecule has 0 aromatic heterocycles. The molecular formula is C21H36O6. The van der Waals surface area contributed by atoms with Gasteiger partial charge in [0.05, 0.1) is 6.61 Å². The summed E-state index contributed by atoms with van der Waals surface area (Å²) in [6, 6.07) is 0. The molecule has 0 aromatic carbocycles. The molecule has 4 N–H and O–H groups in total. The Labute approximate surface area is 162 Å². The van der Waals surface area contributed by atoms with Crippen molar-refractivity contribution in [2.75, 3.05) is 6.61 Å². The van der Waals surface area contributed by atoms with E-state index in [1.807, 2.05) is 6.08 Å². The van der Waals surface area contributed by atoms with Gasteiger partial charge in [0, 0.05) is 12.0 Å². The molecule has 5 unspecified atom stereocenters. The van der Waals surface area contributed by atoms with Gasteiger partial charge in [0.15, 0.2) is 5.78 Å². The fourth-order valence-corrected chi connectivity index (χ4v) is 4.36. The number of Topliss-reactive ketones (excluding diaryl/α,β-unsaturated/α-hetero) is 1. The van der Waals surface area contributed by atoms with Crippen molar-refractivity contribution in [1.82, 2.24) is 0 Å². The zero-order valence-electron chi connectivity index (χ0n) is 16.6. The van der Waals surface area contributed by atoms with Gasteiger partial charge in [-0.2, -0.15) is 0 Å². The fraction of sp³-hybridized carbons (Fsp3) is 0.857. The maximum atomic E-state index is 12.8. The Bertz CT molecular complexity index is 503. The van der Waals surface area contributed by atoms with Crippen molar-refractivity contribution < 1.29 is 30.0 Å². The van der Waals surface area contributed by atoms with Crippen molar-refractivity contribution in [3.63, 3.8) is 0 Å². The minimum Gasteiger partial charge on any atom is -0.394 e. The molecule has 1 aliphatic heterocycles. The normalized spacial score (nSPS) is 37.3. The molecule has 6 heteroatoms. The Morgan fingerprint density at radius 2 is 1.74 bits per heavy atom. The first-order chi connectivity index (χ1) is 12.9. The lowest BCUT2D eigenvalue weighted by atomic mass is 9.74. The summed E-state index contributed by atoms with van der Waals surface area (Å²) in [5.41, 5.74) is 0.376. The van der Waals surface area contributed by atoms with E-state index in [1.54, 1.807) is 0 Å². The highest BCUT2D eigenvalue weighted by Crippen LogP contribution is 2.37. The molecule has 0 bridgehead atoms. The third kappa shape index (κ3) is 5.39. The van der Waals surface area contributed by atoms with Gasteiger partial charge in [-0.1, -0.05) is 52.0 Å². The molecule has 0 aromatic rings. The first kappa shape index (κ1) is 22.5. The van der Waals surface area contributed by atoms with Gasteiger partial charge in [-0.3, -0.25) is 4.79 Å². The van der Waals surface area contributed by atoms with Crippen molar-refractivity contribution in [3.05, 3.63) is 11.6 Å². The largest absolute Gasteiger partial charge is 0.394 e. The number of aliphatic hydroxyl groups excluding tert-OH is 4. The van der Waals surface area contributed by atoms with E-state index >= 15 is 0 Å². The molecule has 27 heavy (non-hydrogen) atoms. The minimum atomic E-state index is -1.45. The van der Waals surface area contributed by atoms with Crippen LogP contribution < -0.4 is 0 Å². The summed E-state index contributed by atoms with van der Waals surface area (Å²) in [6.07, 6.45) is 4.02. The van der Waals surface area contributed by atoms with Crippen LogP contribution >= 0.6 is 0 Å². The van der Waals surface area contributed by atoms with E-state index in [0.29, 0.717) is 17.9 Å². The Hall–Kier alpha value is -0.790. The number of hydrogen-bond acceptors (Lipinski definition) is 6. The first-order valence-electron chi connectivity index (χ1n) is 10.5. The number of ketones is 1. The maximum absolute atomic E-state index is 12.8. The second-order valence-corrected chi connectivity index (χ2v) is 8.03. The summed E-state index contributed by atoms with van der Waals surface area (Å²) < 4.78 is 5.59. The zero-order chi connectivity index (χ0) is 20.0. The van der Waals surface area contributed by atoms with Gasteiger partial charge in [-0.25, -0.2) is 0 Å². The van der Waals surface area contributed by atoms with Crippen LogP contribution in [0.2, 0.25) is 0 Å². The molecular weight excluding hydrogens is 348 g/mol. The van der Waals surface area contributed by atoms with E-state index in [2.05, 4.69) is 13.8 Å². The molecule has 156 valence electrons. The highest BCUT2D eigenvalue weighted by Gasteiger charge is 2.47. The van der Waals surface area contributed by atoms with E-state index in [1.165, 1.54) is 25.7 Å². The van der Waals surface area contributed by atoms with E-state index in [-0.39, 0.29) is 11.7 Å². The van der Waals surface area contributed by atoms with Crippen molar-refractivity contribution in [1.29, 1.82) is 0 Å². The van der Waals surface area contributed by atoms with Gasteiger partial charge >= 0.3 is 0 Å². The molecule has 6 nitrogen and oxygen atoms in total. The highest BCUT2D eigenvalue weighted by molar-refractivity contribution is 5.97. The highest BCUT2D eigenvalue weighted by atomic mass is 16.5. The molecule has 1 heterocycles. The summed E-state index contributed by atoms with van der Waals surface area (Å²) in [4.78, 5) is 12.8. The molecule has 2 aliphatic rings. The molecule has 1 aliphatic carbocycles. The lowest BCUT2D eigenvalue weighted by Crippen LogP contribution is -2.59. The molecule has 1 saturated heterocycles. The Morgan fingerprint density at radius 1 is 1.04 bits per heavy atom. The van der Waals surface area contributed by atoms with Gasteiger partial charge in [-0.15, -0.1) is 0 Å². The van der Waals surface area contributed by atoms with Crippen molar-refractivity contribution >= 4 is 5.78 Å². The number of rotatable bonds is 9. The average molecular weight is 385 g/mol. The summed E-state index contributed by atoms with van der Waals surface area (Å²) >= 11 is 0. The number of ether oxygens (including phenoxy) is 1. The van der Waals surface area contributed by atoms with Gasteiger partial charge in [0.2, 0.25) is 0 Å². The number of carbonyl (C=O) groups is 1. The van der Waals surface area contributed by atoms with Gasteiger partial charge in [0.1, 0.15) is 30.5 Å². The predicted molar refractivity (Wildman–Crippen MR) is 102 cm³/mol. The predicted octanol–water partition coefficient (Wildman–Crippen LogP) is 1.73. The maximum Gasteiger partial charge on any atom is 0.161 e. The SMILES string of the molecule is CCCCCCC[C@@H]1CC(=O)C(C2OC(CO)C(O)C(O)C2O)=C[C@@H]1CC. The standard InChI is InChI=1S/C21H36O6/c1-3-5-6-7-8-9-14-11-16(23)15(10-13(14)4-2)21-20(26)19(25)18(24)17(12-22)27-21/h10,13-14,17-22,24-26H,3-9,11-12H2,1-2H3/t13-,14+,17?,18?,19?,20?,21?/m0/s1. The Morgan fingerprint density at radius 3 is 2.37 bits per heavy atom. The topological polar surface area (TPSA) is 107 Å². The third-order valence-electron chi connectivity index (χ3n) is 6.12. The molecule has 1 fully saturated rings. The first-order valence-corrected chi connectivity index (χ1v) is 10.5. The lowest BCUT2D eigenvalue weighted by Gasteiger charge is -2.42. The van der Waals surface area contributed by atoms with Crippen LogP contribution in [0.3, 0.4) is 0 Å². The molecule has 0 amide bonds. The molecule has 7 atom stereocenters. The molecule has 0 spiro atoms. The van der Waals surface area contributed by atoms with Crippen LogP contribution in [0.5, 0.6) is 0 Å². The van der Waals surface area contributed by atoms with E-state index in [4.69, 9.17) is 4.74 Å². The van der Waals surface area contributed by atoms with Crippen LogP contribution in [0, 0.1) is 11.8 Å². The summed E-state index contributed by atoms with van der Waals surface area (Å²) in [5.74, 6) is 0.469. The monoisotopic (exact) mass is 384 g/mol. The van der Waals surface area contributed by atoms with Crippen LogP contribution in [-0.2, 0) is 9.53 Å². The van der Waals surface area contributed by atoms with Crippen molar-refractivity contribution in [2.45, 2.75) is 95.7 Å². The Balaban J connectivity index is 2.07. The van der Waals surface area contributed by atoms with Crippen molar-refractivity contribution in [2.24, 2.45) is 11.8 Å². The zero-order valence-corrected chi connectivity index (χ0v) is 16.6. The van der Waals surface area contributed by atoms with Gasteiger partial charge in [-0.05, 0) is 24.7 Å². The summed E-state index contributed by atoms with van der Waals surface area (Å²) in [5, 5.41) is 39.7. The number of hydrogen-bond donors (Lipinski definition) is 4. The number of allylic oxidation sites excluding steroid dienone is 1. The van der Waals surface area contributed by atoms with Crippen LogP contribution in [0.15, 0.2) is 11.6 Å². The van der Waals surface area contributed by atoms with Crippen LogP contribution in [0.4, 0.5) is 0 Å². The summed E-state index contributed by atoms with van der Waals surface area (Å²) in [7, 11) is 0.